The van der Waals surface area contributed by atoms with E-state index in [1.807, 2.05) is 0 Å². The Morgan fingerprint density at radius 2 is 2.10 bits per heavy atom. The molecule has 0 bridgehead atoms. The molecule has 1 saturated heterocycles. The van der Waals surface area contributed by atoms with Gasteiger partial charge in [-0.05, 0) is 56.7 Å². The average Bonchev–Trinajstić information content (AvgIpc) is 2.52. The lowest BCUT2D eigenvalue weighted by atomic mass is 9.91. The zero-order chi connectivity index (χ0) is 14.9. The van der Waals surface area contributed by atoms with Gasteiger partial charge in [-0.3, -0.25) is 4.79 Å². The van der Waals surface area contributed by atoms with Gasteiger partial charge in [0.1, 0.15) is 0 Å². The third kappa shape index (κ3) is 5.88. The van der Waals surface area contributed by atoms with Crippen LogP contribution in [-0.2, 0) is 16.0 Å². The Morgan fingerprint density at radius 1 is 1.29 bits per heavy atom. The molecule has 116 valence electrons. The molecule has 1 aromatic carbocycles. The van der Waals surface area contributed by atoms with Gasteiger partial charge in [-0.15, -0.1) is 0 Å². The second-order valence-electron chi connectivity index (χ2n) is 6.03. The standard InChI is InChI=1S/C18H27NO2/c1-21-18(20)11-5-6-12-19-13-7-10-17(15-19)14-16-8-3-2-4-9-16/h2-4,8-9,17H,5-7,10-15H2,1H3. The summed E-state index contributed by atoms with van der Waals surface area (Å²) in [4.78, 5) is 13.6. The first-order valence-corrected chi connectivity index (χ1v) is 8.11. The molecule has 0 spiro atoms. The monoisotopic (exact) mass is 289 g/mol. The Kier molecular flexibility index (Phi) is 6.74. The first-order valence-electron chi connectivity index (χ1n) is 8.11. The van der Waals surface area contributed by atoms with Crippen molar-refractivity contribution in [1.82, 2.24) is 4.90 Å². The zero-order valence-corrected chi connectivity index (χ0v) is 13.1. The highest BCUT2D eigenvalue weighted by Gasteiger charge is 2.19. The maximum absolute atomic E-state index is 11.1. The highest BCUT2D eigenvalue weighted by Crippen LogP contribution is 2.21. The second-order valence-corrected chi connectivity index (χ2v) is 6.03. The van der Waals surface area contributed by atoms with Gasteiger partial charge in [0.2, 0.25) is 0 Å². The molecular formula is C18H27NO2. The summed E-state index contributed by atoms with van der Waals surface area (Å²) in [7, 11) is 1.46. The summed E-state index contributed by atoms with van der Waals surface area (Å²) < 4.78 is 4.67. The van der Waals surface area contributed by atoms with Crippen molar-refractivity contribution >= 4 is 5.97 Å². The molecule has 3 nitrogen and oxygen atoms in total. The molecule has 0 N–H and O–H groups in total. The van der Waals surface area contributed by atoms with Crippen LogP contribution in [0.1, 0.15) is 37.7 Å². The molecule has 0 saturated carbocycles. The number of rotatable bonds is 7. The van der Waals surface area contributed by atoms with Crippen LogP contribution in [-0.4, -0.2) is 37.6 Å². The summed E-state index contributed by atoms with van der Waals surface area (Å²) in [6.07, 6.45) is 6.42. The minimum Gasteiger partial charge on any atom is -0.469 e. The molecule has 1 heterocycles. The molecule has 0 amide bonds. The minimum absolute atomic E-state index is 0.0874. The van der Waals surface area contributed by atoms with Crippen LogP contribution in [0.5, 0.6) is 0 Å². The predicted molar refractivity (Wildman–Crippen MR) is 85.2 cm³/mol. The molecule has 2 rings (SSSR count). The molecule has 1 aliphatic rings. The Bertz CT molecular complexity index is 418. The normalized spacial score (nSPS) is 19.4. The quantitative estimate of drug-likeness (QED) is 0.570. The molecule has 1 aromatic rings. The second kappa shape index (κ2) is 8.83. The smallest absolute Gasteiger partial charge is 0.305 e. The highest BCUT2D eigenvalue weighted by atomic mass is 16.5. The summed E-state index contributed by atoms with van der Waals surface area (Å²) >= 11 is 0. The van der Waals surface area contributed by atoms with E-state index in [1.54, 1.807) is 0 Å². The number of carbonyl (C=O) groups excluding carboxylic acids is 1. The lowest BCUT2D eigenvalue weighted by molar-refractivity contribution is -0.140. The fourth-order valence-corrected chi connectivity index (χ4v) is 3.18. The van der Waals surface area contributed by atoms with E-state index in [0.29, 0.717) is 6.42 Å². The van der Waals surface area contributed by atoms with Crippen LogP contribution in [0, 0.1) is 5.92 Å². The van der Waals surface area contributed by atoms with Crippen molar-refractivity contribution in [1.29, 1.82) is 0 Å². The molecule has 0 aromatic heterocycles. The summed E-state index contributed by atoms with van der Waals surface area (Å²) in [5, 5.41) is 0. The van der Waals surface area contributed by atoms with E-state index in [2.05, 4.69) is 40.0 Å². The van der Waals surface area contributed by atoms with E-state index in [9.17, 15) is 4.79 Å². The lowest BCUT2D eigenvalue weighted by Gasteiger charge is -2.32. The van der Waals surface area contributed by atoms with Gasteiger partial charge < -0.3 is 9.64 Å². The average molecular weight is 289 g/mol. The number of methoxy groups -OCH3 is 1. The van der Waals surface area contributed by atoms with E-state index in [-0.39, 0.29) is 5.97 Å². The Hall–Kier alpha value is -1.35. The molecular weight excluding hydrogens is 262 g/mol. The summed E-state index contributed by atoms with van der Waals surface area (Å²) in [6.45, 7) is 3.53. The van der Waals surface area contributed by atoms with Crippen molar-refractivity contribution in [3.63, 3.8) is 0 Å². The Balaban J connectivity index is 1.67. The molecule has 1 atom stereocenters. The van der Waals surface area contributed by atoms with Crippen LogP contribution in [0.4, 0.5) is 0 Å². The molecule has 1 unspecified atom stereocenters. The van der Waals surface area contributed by atoms with E-state index in [1.165, 1.54) is 45.0 Å². The van der Waals surface area contributed by atoms with Gasteiger partial charge in [0.15, 0.2) is 0 Å². The molecule has 1 fully saturated rings. The van der Waals surface area contributed by atoms with Crippen LogP contribution in [0.2, 0.25) is 0 Å². The molecule has 0 radical (unpaired) electrons. The van der Waals surface area contributed by atoms with Crippen LogP contribution in [0.15, 0.2) is 30.3 Å². The van der Waals surface area contributed by atoms with Gasteiger partial charge in [-0.25, -0.2) is 0 Å². The highest BCUT2D eigenvalue weighted by molar-refractivity contribution is 5.68. The number of hydrogen-bond acceptors (Lipinski definition) is 3. The van der Waals surface area contributed by atoms with Crippen molar-refractivity contribution in [2.24, 2.45) is 5.92 Å². The van der Waals surface area contributed by atoms with Crippen molar-refractivity contribution in [3.8, 4) is 0 Å². The van der Waals surface area contributed by atoms with E-state index in [0.717, 1.165) is 25.3 Å². The van der Waals surface area contributed by atoms with Crippen LogP contribution >= 0.6 is 0 Å². The third-order valence-electron chi connectivity index (χ3n) is 4.30. The number of carbonyl (C=O) groups is 1. The number of likely N-dealkylation sites (tertiary alicyclic amines) is 1. The van der Waals surface area contributed by atoms with Crippen LogP contribution in [0.3, 0.4) is 0 Å². The van der Waals surface area contributed by atoms with Crippen molar-refractivity contribution in [2.75, 3.05) is 26.7 Å². The SMILES string of the molecule is COC(=O)CCCCN1CCCC(Cc2ccccc2)C1. The van der Waals surface area contributed by atoms with Gasteiger partial charge in [0.25, 0.3) is 0 Å². The Morgan fingerprint density at radius 3 is 2.86 bits per heavy atom. The number of nitrogens with zero attached hydrogens (tertiary/aromatic N) is 1. The van der Waals surface area contributed by atoms with E-state index < -0.39 is 0 Å². The largest absolute Gasteiger partial charge is 0.469 e. The van der Waals surface area contributed by atoms with Crippen molar-refractivity contribution < 1.29 is 9.53 Å². The fraction of sp³-hybridized carbons (Fsp3) is 0.611. The van der Waals surface area contributed by atoms with Gasteiger partial charge in [-0.2, -0.15) is 0 Å². The fourth-order valence-electron chi connectivity index (χ4n) is 3.18. The van der Waals surface area contributed by atoms with Crippen molar-refractivity contribution in [3.05, 3.63) is 35.9 Å². The number of piperidine rings is 1. The molecule has 3 heteroatoms. The van der Waals surface area contributed by atoms with Crippen molar-refractivity contribution in [2.45, 2.75) is 38.5 Å². The van der Waals surface area contributed by atoms with Crippen LogP contribution < -0.4 is 0 Å². The number of esters is 1. The van der Waals surface area contributed by atoms with Gasteiger partial charge in [-0.1, -0.05) is 30.3 Å². The maximum atomic E-state index is 11.1. The zero-order valence-electron chi connectivity index (χ0n) is 13.1. The predicted octanol–water partition coefficient (Wildman–Crippen LogP) is 3.28. The summed E-state index contributed by atoms with van der Waals surface area (Å²) in [6, 6.07) is 10.8. The van der Waals surface area contributed by atoms with E-state index in [4.69, 9.17) is 0 Å². The van der Waals surface area contributed by atoms with Gasteiger partial charge in [0.05, 0.1) is 7.11 Å². The van der Waals surface area contributed by atoms with Gasteiger partial charge >= 0.3 is 5.97 Å². The number of ether oxygens (including phenoxy) is 1. The Labute approximate surface area is 128 Å². The molecule has 21 heavy (non-hydrogen) atoms. The number of hydrogen-bond donors (Lipinski definition) is 0. The number of benzene rings is 1. The number of unbranched alkanes of at least 4 members (excludes halogenated alkanes) is 1. The van der Waals surface area contributed by atoms with Gasteiger partial charge in [0, 0.05) is 13.0 Å². The molecule has 0 aliphatic carbocycles. The third-order valence-corrected chi connectivity index (χ3v) is 4.30. The molecule has 1 aliphatic heterocycles. The summed E-state index contributed by atoms with van der Waals surface area (Å²) in [5.74, 6) is 0.692. The lowest BCUT2D eigenvalue weighted by Crippen LogP contribution is -2.36. The van der Waals surface area contributed by atoms with Crippen LogP contribution in [0.25, 0.3) is 0 Å². The summed E-state index contributed by atoms with van der Waals surface area (Å²) in [5.41, 5.74) is 1.45. The first kappa shape index (κ1) is 16.0. The maximum Gasteiger partial charge on any atom is 0.305 e. The first-order chi connectivity index (χ1) is 10.3. The van der Waals surface area contributed by atoms with E-state index >= 15 is 0 Å². The topological polar surface area (TPSA) is 29.5 Å². The minimum atomic E-state index is -0.0874.